The van der Waals surface area contributed by atoms with Gasteiger partial charge in [-0.15, -0.1) is 0 Å². The van der Waals surface area contributed by atoms with Crippen molar-refractivity contribution in [3.8, 4) is 11.8 Å². The average Bonchev–Trinajstić information content (AvgIpc) is 2.92. The molecule has 0 fully saturated rings. The summed E-state index contributed by atoms with van der Waals surface area (Å²) in [4.78, 5) is 11.8. The number of nitrogens with zero attached hydrogens (tertiary/aromatic N) is 1. The fraction of sp³-hybridized carbons (Fsp3) is 0.143. The Balaban J connectivity index is 2.14. The molecule has 3 N–H and O–H groups in total. The number of carbonyl (C=O) groups is 1. The summed E-state index contributed by atoms with van der Waals surface area (Å²) in [5.74, 6) is 5.22. The normalized spacial score (nSPS) is 9.58. The van der Waals surface area contributed by atoms with Gasteiger partial charge < -0.3 is 10.4 Å². The molecule has 1 aromatic heterocycles. The van der Waals surface area contributed by atoms with Crippen LogP contribution in [0.4, 0.5) is 5.69 Å². The lowest BCUT2D eigenvalue weighted by molar-refractivity contribution is 0.102. The van der Waals surface area contributed by atoms with Gasteiger partial charge in [0.1, 0.15) is 6.61 Å². The molecule has 0 spiro atoms. The first-order chi connectivity index (χ1) is 9.20. The number of carbonyl (C=O) groups excluding carboxylic acids is 1. The zero-order valence-corrected chi connectivity index (χ0v) is 10.4. The molecule has 0 aliphatic rings. The molecule has 19 heavy (non-hydrogen) atoms. The Bertz CT molecular complexity index is 636. The Morgan fingerprint density at radius 3 is 3.00 bits per heavy atom. The molecule has 1 heterocycles. The Hall–Kier alpha value is -2.58. The predicted octanol–water partition coefficient (Wildman–Crippen LogP) is 1.31. The number of hydrogen-bond donors (Lipinski definition) is 3. The second-order valence-electron chi connectivity index (χ2n) is 3.93. The number of aryl methyl sites for hydroxylation is 1. The quantitative estimate of drug-likeness (QED) is 0.708. The highest BCUT2D eigenvalue weighted by Crippen LogP contribution is 2.15. The topological polar surface area (TPSA) is 78.0 Å². The summed E-state index contributed by atoms with van der Waals surface area (Å²) in [7, 11) is 0. The van der Waals surface area contributed by atoms with Gasteiger partial charge in [-0.05, 0) is 30.7 Å². The van der Waals surface area contributed by atoms with Crippen LogP contribution in [0.25, 0.3) is 0 Å². The number of H-pyrrole nitrogens is 1. The highest BCUT2D eigenvalue weighted by molar-refractivity contribution is 6.03. The van der Waals surface area contributed by atoms with Crippen LogP contribution >= 0.6 is 0 Å². The van der Waals surface area contributed by atoms with Crippen LogP contribution in [0.2, 0.25) is 0 Å². The van der Waals surface area contributed by atoms with E-state index in [2.05, 4.69) is 27.4 Å². The van der Waals surface area contributed by atoms with Gasteiger partial charge in [0.05, 0.1) is 11.8 Å². The maximum absolute atomic E-state index is 11.8. The lowest BCUT2D eigenvalue weighted by Gasteiger charge is -2.06. The number of aliphatic hydroxyl groups excluding tert-OH is 1. The fourth-order valence-electron chi connectivity index (χ4n) is 1.59. The Labute approximate surface area is 110 Å². The van der Waals surface area contributed by atoms with Gasteiger partial charge in [-0.3, -0.25) is 9.89 Å². The summed E-state index contributed by atoms with van der Waals surface area (Å²) in [6, 6.07) is 5.41. The standard InChI is InChI=1S/C14H13N3O2/c1-10-7-13(5-4-11(10)3-2-6-18)17-14(19)12-8-15-16-9-12/h4-5,7-9,18H,6H2,1H3,(H,15,16)(H,17,19). The van der Waals surface area contributed by atoms with Crippen molar-refractivity contribution in [3.63, 3.8) is 0 Å². The third-order valence-electron chi connectivity index (χ3n) is 2.55. The van der Waals surface area contributed by atoms with Gasteiger partial charge in [0.15, 0.2) is 0 Å². The minimum atomic E-state index is -0.220. The number of nitrogens with one attached hydrogen (secondary N) is 2. The van der Waals surface area contributed by atoms with Crippen molar-refractivity contribution >= 4 is 11.6 Å². The van der Waals surface area contributed by atoms with Crippen molar-refractivity contribution in [3.05, 3.63) is 47.3 Å². The lowest BCUT2D eigenvalue weighted by Crippen LogP contribution is -2.11. The molecule has 0 bridgehead atoms. The molecule has 1 aromatic carbocycles. The summed E-state index contributed by atoms with van der Waals surface area (Å²) in [5.41, 5.74) is 2.93. The number of aromatic nitrogens is 2. The number of benzene rings is 1. The summed E-state index contributed by atoms with van der Waals surface area (Å²) in [6.45, 7) is 1.73. The molecule has 2 rings (SSSR count). The molecule has 96 valence electrons. The first kappa shape index (κ1) is 12.9. The van der Waals surface area contributed by atoms with Crippen LogP contribution in [0.15, 0.2) is 30.6 Å². The van der Waals surface area contributed by atoms with Gasteiger partial charge in [0.2, 0.25) is 0 Å². The Morgan fingerprint density at radius 1 is 1.53 bits per heavy atom. The number of anilines is 1. The van der Waals surface area contributed by atoms with Gasteiger partial charge in [-0.25, -0.2) is 0 Å². The van der Waals surface area contributed by atoms with E-state index in [4.69, 9.17) is 5.11 Å². The average molecular weight is 255 g/mol. The predicted molar refractivity (Wildman–Crippen MR) is 71.7 cm³/mol. The largest absolute Gasteiger partial charge is 0.384 e. The van der Waals surface area contributed by atoms with Crippen LogP contribution in [0, 0.1) is 18.8 Å². The van der Waals surface area contributed by atoms with Crippen molar-refractivity contribution in [2.75, 3.05) is 11.9 Å². The molecule has 0 saturated heterocycles. The van der Waals surface area contributed by atoms with E-state index in [1.165, 1.54) is 12.4 Å². The van der Waals surface area contributed by atoms with Crippen molar-refractivity contribution in [1.29, 1.82) is 0 Å². The molecule has 0 unspecified atom stereocenters. The molecule has 5 heteroatoms. The van der Waals surface area contributed by atoms with Gasteiger partial charge in [-0.2, -0.15) is 5.10 Å². The molecule has 0 aliphatic heterocycles. The number of aromatic amines is 1. The molecule has 0 aliphatic carbocycles. The monoisotopic (exact) mass is 255 g/mol. The first-order valence-electron chi connectivity index (χ1n) is 5.71. The lowest BCUT2D eigenvalue weighted by atomic mass is 10.1. The van der Waals surface area contributed by atoms with Crippen LogP contribution in [0.5, 0.6) is 0 Å². The van der Waals surface area contributed by atoms with Crippen LogP contribution < -0.4 is 5.32 Å². The van der Waals surface area contributed by atoms with E-state index in [1.807, 2.05) is 19.1 Å². The minimum Gasteiger partial charge on any atom is -0.384 e. The van der Waals surface area contributed by atoms with Crippen molar-refractivity contribution in [2.45, 2.75) is 6.92 Å². The Kier molecular flexibility index (Phi) is 3.96. The van der Waals surface area contributed by atoms with Crippen LogP contribution in [-0.4, -0.2) is 27.8 Å². The zero-order chi connectivity index (χ0) is 13.7. The van der Waals surface area contributed by atoms with Crippen LogP contribution in [0.3, 0.4) is 0 Å². The fourth-order valence-corrected chi connectivity index (χ4v) is 1.59. The first-order valence-corrected chi connectivity index (χ1v) is 5.71. The molecule has 0 saturated carbocycles. The van der Waals surface area contributed by atoms with E-state index in [-0.39, 0.29) is 12.5 Å². The molecule has 0 atom stereocenters. The minimum absolute atomic E-state index is 0.168. The number of hydrogen-bond acceptors (Lipinski definition) is 3. The maximum Gasteiger partial charge on any atom is 0.258 e. The van der Waals surface area contributed by atoms with Crippen molar-refractivity contribution in [1.82, 2.24) is 10.2 Å². The van der Waals surface area contributed by atoms with Crippen LogP contribution in [-0.2, 0) is 0 Å². The SMILES string of the molecule is Cc1cc(NC(=O)c2cn[nH]c2)ccc1C#CCO. The summed E-state index contributed by atoms with van der Waals surface area (Å²) < 4.78 is 0. The summed E-state index contributed by atoms with van der Waals surface area (Å²) >= 11 is 0. The van der Waals surface area contributed by atoms with E-state index >= 15 is 0 Å². The second-order valence-corrected chi connectivity index (χ2v) is 3.93. The maximum atomic E-state index is 11.8. The summed E-state index contributed by atoms with van der Waals surface area (Å²) in [5, 5.41) is 17.7. The van der Waals surface area contributed by atoms with Crippen molar-refractivity contribution < 1.29 is 9.90 Å². The smallest absolute Gasteiger partial charge is 0.258 e. The van der Waals surface area contributed by atoms with Gasteiger partial charge in [0.25, 0.3) is 5.91 Å². The summed E-state index contributed by atoms with van der Waals surface area (Å²) in [6.07, 6.45) is 2.99. The van der Waals surface area contributed by atoms with E-state index in [1.54, 1.807) is 6.07 Å². The molecule has 1 amide bonds. The number of aliphatic hydroxyl groups is 1. The highest BCUT2D eigenvalue weighted by Gasteiger charge is 2.07. The molecular weight excluding hydrogens is 242 g/mol. The van der Waals surface area contributed by atoms with E-state index in [0.717, 1.165) is 11.1 Å². The Morgan fingerprint density at radius 2 is 2.37 bits per heavy atom. The molecule has 0 radical (unpaired) electrons. The molecule has 2 aromatic rings. The van der Waals surface area contributed by atoms with E-state index in [9.17, 15) is 4.79 Å². The van der Waals surface area contributed by atoms with Gasteiger partial charge in [0, 0.05) is 17.4 Å². The zero-order valence-electron chi connectivity index (χ0n) is 10.4. The number of amides is 1. The second kappa shape index (κ2) is 5.85. The third kappa shape index (κ3) is 3.21. The van der Waals surface area contributed by atoms with E-state index in [0.29, 0.717) is 11.3 Å². The highest BCUT2D eigenvalue weighted by atomic mass is 16.2. The molecular formula is C14H13N3O2. The number of rotatable bonds is 2. The van der Waals surface area contributed by atoms with E-state index < -0.39 is 0 Å². The molecule has 5 nitrogen and oxygen atoms in total. The van der Waals surface area contributed by atoms with Crippen LogP contribution in [0.1, 0.15) is 21.5 Å². The van der Waals surface area contributed by atoms with Gasteiger partial charge in [-0.1, -0.05) is 11.8 Å². The van der Waals surface area contributed by atoms with Crippen molar-refractivity contribution in [2.24, 2.45) is 0 Å². The third-order valence-corrected chi connectivity index (χ3v) is 2.55. The van der Waals surface area contributed by atoms with Gasteiger partial charge >= 0.3 is 0 Å².